The molecule has 0 radical (unpaired) electrons. The van der Waals surface area contributed by atoms with Gasteiger partial charge in [0.15, 0.2) is 0 Å². The monoisotopic (exact) mass is 483 g/mol. The number of hydrogen-bond acceptors (Lipinski definition) is 9. The summed E-state index contributed by atoms with van der Waals surface area (Å²) in [5.74, 6) is -0.716. The Morgan fingerprint density at radius 1 is 1.18 bits per heavy atom. The lowest BCUT2D eigenvalue weighted by atomic mass is 10.0. The smallest absolute Gasteiger partial charge is 0.424 e. The fraction of sp³-hybridized carbons (Fsp3) is 0.350. The van der Waals surface area contributed by atoms with Gasteiger partial charge in [0.1, 0.15) is 17.1 Å². The summed E-state index contributed by atoms with van der Waals surface area (Å²) in [6, 6.07) is 4.20. The van der Waals surface area contributed by atoms with E-state index in [4.69, 9.17) is 11.6 Å². The number of nitrogens with one attached hydrogen (secondary N) is 2. The van der Waals surface area contributed by atoms with Gasteiger partial charge in [0.2, 0.25) is 0 Å². The number of ether oxygens (including phenoxy) is 2. The second-order valence-electron chi connectivity index (χ2n) is 7.19. The number of amides is 3. The molecule has 2 aromatic heterocycles. The maximum atomic E-state index is 14.0. The van der Waals surface area contributed by atoms with Gasteiger partial charge in [-0.2, -0.15) is 4.90 Å². The van der Waals surface area contributed by atoms with Crippen molar-refractivity contribution in [2.75, 3.05) is 31.0 Å². The summed E-state index contributed by atoms with van der Waals surface area (Å²) in [6.45, 7) is 2.16. The van der Waals surface area contributed by atoms with Crippen LogP contribution in [-0.4, -0.2) is 65.7 Å². The van der Waals surface area contributed by atoms with Gasteiger partial charge in [0.25, 0.3) is 5.91 Å². The Kier molecular flexibility index (Phi) is 8.49. The van der Waals surface area contributed by atoms with E-state index in [1.807, 2.05) is 0 Å². The Morgan fingerprint density at radius 3 is 2.33 bits per heavy atom. The fourth-order valence-electron chi connectivity index (χ4n) is 2.43. The Bertz CT molecular complexity index is 999. The third-order valence-corrected chi connectivity index (χ3v) is 4.50. The van der Waals surface area contributed by atoms with Gasteiger partial charge in [0.05, 0.1) is 49.5 Å². The van der Waals surface area contributed by atoms with E-state index in [9.17, 15) is 23.9 Å². The zero-order valence-corrected chi connectivity index (χ0v) is 19.0. The van der Waals surface area contributed by atoms with Gasteiger partial charge in [-0.25, -0.2) is 23.9 Å². The molecule has 3 amide bonds. The van der Waals surface area contributed by atoms with Crippen molar-refractivity contribution in [2.24, 2.45) is 0 Å². The third-order valence-electron chi connectivity index (χ3n) is 4.29. The van der Waals surface area contributed by atoms with Crippen LogP contribution in [0.2, 0.25) is 5.15 Å². The second-order valence-corrected chi connectivity index (χ2v) is 7.58. The normalized spacial score (nSPS) is 11.8. The number of anilines is 3. The largest absolute Gasteiger partial charge is 0.452 e. The second kappa shape index (κ2) is 10.9. The van der Waals surface area contributed by atoms with Crippen molar-refractivity contribution in [3.8, 4) is 0 Å². The van der Waals surface area contributed by atoms with Crippen molar-refractivity contribution in [1.82, 2.24) is 15.3 Å². The first-order valence-electron chi connectivity index (χ1n) is 9.47. The molecule has 0 bridgehead atoms. The molecule has 0 spiro atoms. The third kappa shape index (κ3) is 6.73. The molecule has 0 unspecified atom stereocenters. The zero-order valence-electron chi connectivity index (χ0n) is 18.3. The highest BCUT2D eigenvalue weighted by Gasteiger charge is 2.28. The number of carbonyl (C=O) groups excluding carboxylic acids is 3. The minimum atomic E-state index is -1.69. The van der Waals surface area contributed by atoms with E-state index in [1.165, 1.54) is 44.4 Å². The van der Waals surface area contributed by atoms with Gasteiger partial charge >= 0.3 is 12.2 Å². The molecule has 178 valence electrons. The highest BCUT2D eigenvalue weighted by molar-refractivity contribution is 6.29. The van der Waals surface area contributed by atoms with Crippen molar-refractivity contribution in [3.63, 3.8) is 0 Å². The zero-order chi connectivity index (χ0) is 24.8. The molecule has 0 aliphatic carbocycles. The van der Waals surface area contributed by atoms with Crippen LogP contribution in [0.1, 0.15) is 24.2 Å². The van der Waals surface area contributed by atoms with Crippen LogP contribution < -0.4 is 15.5 Å². The number of imide groups is 1. The minimum absolute atomic E-state index is 0.0529. The van der Waals surface area contributed by atoms with Crippen molar-refractivity contribution in [3.05, 3.63) is 41.3 Å². The summed E-state index contributed by atoms with van der Waals surface area (Å²) >= 11 is 5.94. The summed E-state index contributed by atoms with van der Waals surface area (Å²) in [4.78, 5) is 44.7. The maximum absolute atomic E-state index is 14.0. The molecule has 2 aromatic rings. The van der Waals surface area contributed by atoms with Gasteiger partial charge in [-0.1, -0.05) is 11.6 Å². The van der Waals surface area contributed by atoms with E-state index in [0.717, 1.165) is 14.2 Å². The number of nitrogens with zero attached hydrogens (tertiary/aromatic N) is 3. The minimum Gasteiger partial charge on any atom is -0.452 e. The molecule has 2 heterocycles. The van der Waals surface area contributed by atoms with Crippen molar-refractivity contribution < 1.29 is 33.4 Å². The van der Waals surface area contributed by atoms with E-state index >= 15 is 0 Å². The molecule has 0 saturated heterocycles. The summed E-state index contributed by atoms with van der Waals surface area (Å²) in [7, 11) is 2.20. The Labute approximate surface area is 193 Å². The first-order chi connectivity index (χ1) is 15.5. The first-order valence-corrected chi connectivity index (χ1v) is 9.85. The van der Waals surface area contributed by atoms with Gasteiger partial charge < -0.3 is 25.2 Å². The van der Waals surface area contributed by atoms with Gasteiger partial charge in [0, 0.05) is 6.20 Å². The van der Waals surface area contributed by atoms with E-state index in [2.05, 4.69) is 30.1 Å². The van der Waals surface area contributed by atoms with Crippen molar-refractivity contribution in [1.29, 1.82) is 0 Å². The molecule has 0 aliphatic rings. The highest BCUT2D eigenvalue weighted by atomic mass is 35.5. The number of alkyl halides is 1. The fourth-order valence-corrected chi connectivity index (χ4v) is 2.59. The number of halogens is 2. The van der Waals surface area contributed by atoms with Crippen LogP contribution >= 0.6 is 11.6 Å². The van der Waals surface area contributed by atoms with E-state index in [1.54, 1.807) is 0 Å². The molecular weight excluding hydrogens is 461 g/mol. The van der Waals surface area contributed by atoms with Crippen LogP contribution in [0.4, 0.5) is 31.2 Å². The molecule has 2 rings (SSSR count). The van der Waals surface area contributed by atoms with E-state index < -0.39 is 36.4 Å². The molecule has 33 heavy (non-hydrogen) atoms. The Balaban J connectivity index is 2.23. The van der Waals surface area contributed by atoms with Crippen molar-refractivity contribution >= 4 is 46.9 Å². The number of aliphatic hydroxyl groups is 1. The number of aromatic nitrogens is 2. The van der Waals surface area contributed by atoms with Gasteiger partial charge in [-0.15, -0.1) is 0 Å². The van der Waals surface area contributed by atoms with E-state index in [-0.39, 0.29) is 22.2 Å². The number of pyridine rings is 2. The number of carbonyl (C=O) groups is 3. The number of methoxy groups -OCH3 is 2. The lowest BCUT2D eigenvalue weighted by molar-refractivity contribution is -0.00178. The predicted molar refractivity (Wildman–Crippen MR) is 118 cm³/mol. The lowest BCUT2D eigenvalue weighted by Crippen LogP contribution is -2.42. The van der Waals surface area contributed by atoms with E-state index in [0.29, 0.717) is 10.6 Å². The topological polar surface area (TPSA) is 143 Å². The predicted octanol–water partition coefficient (Wildman–Crippen LogP) is 3.05. The SMILES string of the molecule is COC(=O)N(C(=O)OC)c1ccc(Nc2cc(Cl)ncc2C(=O)NC[C@@H](F)C(C)(C)O)cn1. The summed E-state index contributed by atoms with van der Waals surface area (Å²) < 4.78 is 23.1. The molecule has 1 atom stereocenters. The highest BCUT2D eigenvalue weighted by Crippen LogP contribution is 2.25. The number of hydrogen-bond donors (Lipinski definition) is 3. The van der Waals surface area contributed by atoms with Crippen LogP contribution in [0.3, 0.4) is 0 Å². The average molecular weight is 484 g/mol. The summed E-state index contributed by atoms with van der Waals surface area (Å²) in [5.41, 5.74) is -0.970. The lowest BCUT2D eigenvalue weighted by Gasteiger charge is -2.22. The molecule has 0 saturated carbocycles. The van der Waals surface area contributed by atoms with Gasteiger partial charge in [-0.05, 0) is 32.0 Å². The molecular formula is C20H23ClFN5O6. The Morgan fingerprint density at radius 2 is 1.82 bits per heavy atom. The molecule has 0 aromatic carbocycles. The molecule has 0 fully saturated rings. The van der Waals surface area contributed by atoms with Crippen LogP contribution in [0.15, 0.2) is 30.6 Å². The molecule has 0 aliphatic heterocycles. The molecule has 11 nitrogen and oxygen atoms in total. The Hall–Kier alpha value is -3.51. The molecule has 13 heteroatoms. The quantitative estimate of drug-likeness (QED) is 0.506. The van der Waals surface area contributed by atoms with Crippen LogP contribution in [0.5, 0.6) is 0 Å². The van der Waals surface area contributed by atoms with Crippen LogP contribution in [-0.2, 0) is 9.47 Å². The maximum Gasteiger partial charge on any atom is 0.424 e. The average Bonchev–Trinajstić information content (AvgIpc) is 2.77. The number of rotatable bonds is 7. The van der Waals surface area contributed by atoms with Crippen LogP contribution in [0, 0.1) is 0 Å². The summed E-state index contributed by atoms with van der Waals surface area (Å²) in [6.07, 6.45) is -1.19. The van der Waals surface area contributed by atoms with Crippen LogP contribution in [0.25, 0.3) is 0 Å². The standard InChI is InChI=1S/C20H23ClFN5O6/c1-20(2,31)14(22)10-25-17(28)12-9-23-15(21)7-13(12)26-11-5-6-16(24-8-11)27(18(29)32-3)19(30)33-4/h5-9,14,31H,10H2,1-4H3,(H,23,26)(H,25,28)/t14-/m1/s1. The summed E-state index contributed by atoms with van der Waals surface area (Å²) in [5, 5.41) is 15.1. The van der Waals surface area contributed by atoms with Gasteiger partial charge in [-0.3, -0.25) is 4.79 Å². The molecule has 3 N–H and O–H groups in total. The first kappa shape index (κ1) is 25.7. The van der Waals surface area contributed by atoms with Crippen molar-refractivity contribution in [2.45, 2.75) is 25.6 Å².